The number of halogens is 2. The molecule has 1 unspecified atom stereocenters. The van der Waals surface area contributed by atoms with Crippen LogP contribution in [0.5, 0.6) is 0 Å². The Morgan fingerprint density at radius 2 is 2.18 bits per heavy atom. The quantitative estimate of drug-likeness (QED) is 0.483. The summed E-state index contributed by atoms with van der Waals surface area (Å²) in [4.78, 5) is 1.27. The molecule has 3 N–H and O–H groups in total. The van der Waals surface area contributed by atoms with E-state index in [1.807, 2.05) is 12.1 Å². The Balaban J connectivity index is 2.42. The molecule has 0 radical (unpaired) electrons. The molecule has 1 aromatic heterocycles. The smallest absolute Gasteiger partial charge is 0.0721 e. The Labute approximate surface area is 123 Å². The fraction of sp³-hybridized carbons (Fsp3) is 0.167. The fourth-order valence-corrected chi connectivity index (χ4v) is 3.02. The number of benzene rings is 1. The maximum absolute atomic E-state index is 6.14. The molecule has 0 saturated heterocycles. The number of nitrogens with two attached hydrogens (primary N) is 1. The molecule has 5 heteroatoms. The van der Waals surface area contributed by atoms with Crippen molar-refractivity contribution in [1.82, 2.24) is 5.43 Å². The van der Waals surface area contributed by atoms with Crippen LogP contribution in [0.4, 0.5) is 0 Å². The maximum Gasteiger partial charge on any atom is 0.0721 e. The first-order chi connectivity index (χ1) is 8.13. The molecule has 2 nitrogen and oxygen atoms in total. The van der Waals surface area contributed by atoms with E-state index in [9.17, 15) is 0 Å². The second kappa shape index (κ2) is 5.67. The second-order valence-corrected chi connectivity index (χ2v) is 6.39. The summed E-state index contributed by atoms with van der Waals surface area (Å²) in [7, 11) is 0. The highest BCUT2D eigenvalue weighted by atomic mass is 127. The summed E-state index contributed by atoms with van der Waals surface area (Å²) < 4.78 is 1.05. The van der Waals surface area contributed by atoms with Gasteiger partial charge in [0.2, 0.25) is 0 Å². The van der Waals surface area contributed by atoms with Crippen molar-refractivity contribution in [3.8, 4) is 0 Å². The van der Waals surface area contributed by atoms with Crippen molar-refractivity contribution in [2.45, 2.75) is 13.0 Å². The number of hydrogen-bond donors (Lipinski definition) is 2. The molecule has 0 saturated carbocycles. The lowest BCUT2D eigenvalue weighted by molar-refractivity contribution is 0.636. The molecule has 17 heavy (non-hydrogen) atoms. The standard InChI is InChI=1S/C12H12ClIN2S/c1-7-9(4-5-17-7)12(16-15)8-2-3-11(14)10(13)6-8/h2-6,12,16H,15H2,1H3. The van der Waals surface area contributed by atoms with E-state index in [4.69, 9.17) is 17.4 Å². The summed E-state index contributed by atoms with van der Waals surface area (Å²) >= 11 is 10.1. The van der Waals surface area contributed by atoms with E-state index in [1.54, 1.807) is 11.3 Å². The van der Waals surface area contributed by atoms with E-state index in [2.05, 4.69) is 52.5 Å². The van der Waals surface area contributed by atoms with E-state index in [1.165, 1.54) is 10.4 Å². The monoisotopic (exact) mass is 378 g/mol. The molecule has 90 valence electrons. The van der Waals surface area contributed by atoms with Crippen LogP contribution in [-0.4, -0.2) is 0 Å². The lowest BCUT2D eigenvalue weighted by Crippen LogP contribution is -2.29. The molecule has 2 rings (SSSR count). The van der Waals surface area contributed by atoms with Crippen molar-refractivity contribution in [3.63, 3.8) is 0 Å². The second-order valence-electron chi connectivity index (χ2n) is 3.71. The van der Waals surface area contributed by atoms with Crippen LogP contribution in [0.1, 0.15) is 22.0 Å². The van der Waals surface area contributed by atoms with Crippen LogP contribution in [0.3, 0.4) is 0 Å². The highest BCUT2D eigenvalue weighted by molar-refractivity contribution is 14.1. The van der Waals surface area contributed by atoms with Crippen molar-refractivity contribution in [2.24, 2.45) is 5.84 Å². The largest absolute Gasteiger partial charge is 0.271 e. The minimum Gasteiger partial charge on any atom is -0.271 e. The molecular weight excluding hydrogens is 367 g/mol. The highest BCUT2D eigenvalue weighted by Crippen LogP contribution is 2.30. The van der Waals surface area contributed by atoms with Gasteiger partial charge in [-0.15, -0.1) is 11.3 Å². The third-order valence-electron chi connectivity index (χ3n) is 2.65. The van der Waals surface area contributed by atoms with Gasteiger partial charge >= 0.3 is 0 Å². The van der Waals surface area contributed by atoms with E-state index >= 15 is 0 Å². The van der Waals surface area contributed by atoms with E-state index in [0.29, 0.717) is 0 Å². The lowest BCUT2D eigenvalue weighted by atomic mass is 10.0. The van der Waals surface area contributed by atoms with Crippen LogP contribution in [0.25, 0.3) is 0 Å². The van der Waals surface area contributed by atoms with Gasteiger partial charge in [0.05, 0.1) is 11.1 Å². The Morgan fingerprint density at radius 3 is 2.71 bits per heavy atom. The minimum absolute atomic E-state index is 0.00394. The molecule has 2 aromatic rings. The Morgan fingerprint density at radius 1 is 1.41 bits per heavy atom. The van der Waals surface area contributed by atoms with Gasteiger partial charge in [-0.25, -0.2) is 5.43 Å². The van der Waals surface area contributed by atoms with Crippen molar-refractivity contribution >= 4 is 45.5 Å². The Bertz CT molecular complexity index is 527. The maximum atomic E-state index is 6.14. The highest BCUT2D eigenvalue weighted by Gasteiger charge is 2.16. The molecule has 1 atom stereocenters. The van der Waals surface area contributed by atoms with Crippen LogP contribution in [0.2, 0.25) is 5.02 Å². The molecule has 1 aromatic carbocycles. The summed E-state index contributed by atoms with van der Waals surface area (Å²) in [5, 5.41) is 2.83. The number of hydrazine groups is 1. The van der Waals surface area contributed by atoms with Gasteiger partial charge < -0.3 is 0 Å². The van der Waals surface area contributed by atoms with Crippen molar-refractivity contribution in [1.29, 1.82) is 0 Å². The first-order valence-corrected chi connectivity index (χ1v) is 7.42. The van der Waals surface area contributed by atoms with Gasteiger partial charge in [-0.2, -0.15) is 0 Å². The zero-order valence-electron chi connectivity index (χ0n) is 9.21. The first-order valence-electron chi connectivity index (χ1n) is 5.08. The molecule has 0 amide bonds. The summed E-state index contributed by atoms with van der Waals surface area (Å²) in [6, 6.07) is 8.11. The minimum atomic E-state index is -0.00394. The molecule has 0 aliphatic rings. The molecule has 0 aliphatic carbocycles. The number of aryl methyl sites for hydroxylation is 1. The summed E-state index contributed by atoms with van der Waals surface area (Å²) in [6.07, 6.45) is 0. The van der Waals surface area contributed by atoms with Gasteiger partial charge in [0.25, 0.3) is 0 Å². The van der Waals surface area contributed by atoms with E-state index in [-0.39, 0.29) is 6.04 Å². The third kappa shape index (κ3) is 2.82. The molecular formula is C12H12ClIN2S. The molecule has 0 bridgehead atoms. The lowest BCUT2D eigenvalue weighted by Gasteiger charge is -2.17. The third-order valence-corrected chi connectivity index (χ3v) is 5.09. The van der Waals surface area contributed by atoms with Crippen LogP contribution in [0.15, 0.2) is 29.6 Å². The predicted molar refractivity (Wildman–Crippen MR) is 82.4 cm³/mol. The van der Waals surface area contributed by atoms with Gasteiger partial charge in [0, 0.05) is 8.45 Å². The van der Waals surface area contributed by atoms with Gasteiger partial charge in [-0.3, -0.25) is 5.84 Å². The van der Waals surface area contributed by atoms with Crippen molar-refractivity contribution < 1.29 is 0 Å². The van der Waals surface area contributed by atoms with Crippen LogP contribution in [-0.2, 0) is 0 Å². The van der Waals surface area contributed by atoms with E-state index < -0.39 is 0 Å². The van der Waals surface area contributed by atoms with E-state index in [0.717, 1.165) is 14.2 Å². The fourth-order valence-electron chi connectivity index (χ4n) is 1.75. The normalized spacial score (nSPS) is 12.7. The molecule has 0 fully saturated rings. The first kappa shape index (κ1) is 13.3. The number of nitrogens with one attached hydrogen (secondary N) is 1. The Kier molecular flexibility index (Phi) is 4.43. The van der Waals surface area contributed by atoms with Gasteiger partial charge in [-0.1, -0.05) is 17.7 Å². The molecule has 1 heterocycles. The Hall–Kier alpha value is -0.140. The number of thiophene rings is 1. The number of rotatable bonds is 3. The summed E-state index contributed by atoms with van der Waals surface area (Å²) in [6.45, 7) is 2.10. The topological polar surface area (TPSA) is 38.0 Å². The molecule has 0 spiro atoms. The van der Waals surface area contributed by atoms with Gasteiger partial charge in [-0.05, 0) is 64.2 Å². The molecule has 0 aliphatic heterocycles. The summed E-state index contributed by atoms with van der Waals surface area (Å²) in [5.41, 5.74) is 5.14. The summed E-state index contributed by atoms with van der Waals surface area (Å²) in [5.74, 6) is 5.66. The van der Waals surface area contributed by atoms with Crippen molar-refractivity contribution in [2.75, 3.05) is 0 Å². The average molecular weight is 379 g/mol. The van der Waals surface area contributed by atoms with Crippen LogP contribution in [0, 0.1) is 10.5 Å². The van der Waals surface area contributed by atoms with Crippen molar-refractivity contribution in [3.05, 3.63) is 54.2 Å². The zero-order valence-corrected chi connectivity index (χ0v) is 12.9. The number of hydrogen-bond acceptors (Lipinski definition) is 3. The van der Waals surface area contributed by atoms with Crippen LogP contribution < -0.4 is 11.3 Å². The predicted octanol–water partition coefficient (Wildman–Crippen LogP) is 3.87. The SMILES string of the molecule is Cc1sccc1C(NN)c1ccc(I)c(Cl)c1. The zero-order chi connectivity index (χ0) is 12.4. The average Bonchev–Trinajstić information content (AvgIpc) is 2.71. The van der Waals surface area contributed by atoms with Crippen LogP contribution >= 0.6 is 45.5 Å². The van der Waals surface area contributed by atoms with Gasteiger partial charge in [0.15, 0.2) is 0 Å². The van der Waals surface area contributed by atoms with Gasteiger partial charge in [0.1, 0.15) is 0 Å².